The van der Waals surface area contributed by atoms with Gasteiger partial charge in [-0.05, 0) is 90.7 Å². The maximum atomic E-state index is 15.4. The second-order valence-corrected chi connectivity index (χ2v) is 9.86. The highest BCUT2D eigenvalue weighted by Crippen LogP contribution is 2.38. The lowest BCUT2D eigenvalue weighted by atomic mass is 9.74. The molecule has 0 atom stereocenters. The fourth-order valence-electron chi connectivity index (χ4n) is 3.16. The Labute approximate surface area is 167 Å². The Morgan fingerprint density at radius 1 is 1.21 bits per heavy atom. The van der Waals surface area contributed by atoms with Gasteiger partial charge in [-0.3, -0.25) is 5.32 Å². The average molecular weight is 391 g/mol. The van der Waals surface area contributed by atoms with E-state index >= 15 is 4.39 Å². The molecule has 0 bridgehead atoms. The molecule has 1 aliphatic heterocycles. The highest BCUT2D eigenvalue weighted by molar-refractivity contribution is 6.62. The van der Waals surface area contributed by atoms with Crippen LogP contribution < -0.4 is 10.8 Å². The molecule has 28 heavy (non-hydrogen) atoms. The van der Waals surface area contributed by atoms with E-state index in [1.54, 1.807) is 32.9 Å². The molecule has 7 heteroatoms. The minimum atomic E-state index is -0.674. The minimum Gasteiger partial charge on any atom is -0.444 e. The molecule has 1 saturated heterocycles. The van der Waals surface area contributed by atoms with Crippen LogP contribution >= 0.6 is 0 Å². The number of amides is 1. The summed E-state index contributed by atoms with van der Waals surface area (Å²) < 4.78 is 32.9. The molecule has 1 N–H and O–H groups in total. The number of ether oxygens (including phenoxy) is 1. The lowest BCUT2D eigenvalue weighted by Gasteiger charge is -2.32. The van der Waals surface area contributed by atoms with E-state index in [2.05, 4.69) is 5.32 Å². The Morgan fingerprint density at radius 2 is 1.79 bits per heavy atom. The first-order chi connectivity index (χ1) is 12.8. The zero-order valence-electron chi connectivity index (χ0n) is 17.9. The maximum Gasteiger partial charge on any atom is 0.495 e. The normalized spacial score (nSPS) is 20.9. The average Bonchev–Trinajstić information content (AvgIpc) is 3.28. The molecule has 1 amide bonds. The second kappa shape index (κ2) is 7.03. The summed E-state index contributed by atoms with van der Waals surface area (Å²) in [4.78, 5) is 12.1. The molecule has 1 saturated carbocycles. The standard InChI is InChI=1S/C21H31BFNO4/c1-19(2,3)26-18(25)24-16-11-10-15(14(17(16)23)12-13-8-9-13)22-27-20(4,5)21(6,7)28-22/h10-11,13H,8-9,12H2,1-7H3,(H,24,25). The molecule has 0 aromatic heterocycles. The number of rotatable bonds is 4. The number of hydrogen-bond donors (Lipinski definition) is 1. The number of carbonyl (C=O) groups excluding carboxylic acids is 1. The summed E-state index contributed by atoms with van der Waals surface area (Å²) in [5.41, 5.74) is -0.297. The van der Waals surface area contributed by atoms with Crippen molar-refractivity contribution in [2.24, 2.45) is 5.92 Å². The van der Waals surface area contributed by atoms with Gasteiger partial charge in [0.25, 0.3) is 0 Å². The quantitative estimate of drug-likeness (QED) is 0.772. The number of nitrogens with one attached hydrogen (secondary N) is 1. The van der Waals surface area contributed by atoms with Crippen molar-refractivity contribution in [3.8, 4) is 0 Å². The number of carbonyl (C=O) groups is 1. The predicted octanol–water partition coefficient (Wildman–Crippen LogP) is 4.42. The van der Waals surface area contributed by atoms with Crippen LogP contribution in [0.1, 0.15) is 66.9 Å². The summed E-state index contributed by atoms with van der Waals surface area (Å²) >= 11 is 0. The zero-order valence-corrected chi connectivity index (χ0v) is 17.9. The van der Waals surface area contributed by atoms with E-state index < -0.39 is 35.8 Å². The molecule has 1 aromatic carbocycles. The Kier molecular flexibility index (Phi) is 5.30. The largest absolute Gasteiger partial charge is 0.495 e. The van der Waals surface area contributed by atoms with Crippen molar-refractivity contribution < 1.29 is 23.2 Å². The zero-order chi connectivity index (χ0) is 20.9. The van der Waals surface area contributed by atoms with Crippen molar-refractivity contribution in [3.05, 3.63) is 23.5 Å². The van der Waals surface area contributed by atoms with Gasteiger partial charge >= 0.3 is 13.2 Å². The molecule has 1 aromatic rings. The molecule has 2 aliphatic rings. The first kappa shape index (κ1) is 21.1. The lowest BCUT2D eigenvalue weighted by molar-refractivity contribution is 0.00578. The van der Waals surface area contributed by atoms with Crippen molar-refractivity contribution in [2.45, 2.75) is 84.5 Å². The van der Waals surface area contributed by atoms with Gasteiger partial charge in [0, 0.05) is 0 Å². The number of benzene rings is 1. The topological polar surface area (TPSA) is 56.8 Å². The molecule has 154 valence electrons. The summed E-state index contributed by atoms with van der Waals surface area (Å²) in [5, 5.41) is 2.53. The third-order valence-corrected chi connectivity index (χ3v) is 5.61. The van der Waals surface area contributed by atoms with Crippen LogP contribution in [0.25, 0.3) is 0 Å². The van der Waals surface area contributed by atoms with Crippen LogP contribution in [0, 0.1) is 11.7 Å². The first-order valence-corrected chi connectivity index (χ1v) is 9.96. The molecule has 0 radical (unpaired) electrons. The summed E-state index contributed by atoms with van der Waals surface area (Å²) in [6.07, 6.45) is 2.11. The monoisotopic (exact) mass is 391 g/mol. The van der Waals surface area contributed by atoms with E-state index in [1.807, 2.05) is 27.7 Å². The van der Waals surface area contributed by atoms with Crippen molar-refractivity contribution >= 4 is 24.4 Å². The van der Waals surface area contributed by atoms with Crippen LogP contribution in [0.15, 0.2) is 12.1 Å². The molecular formula is C21H31BFNO4. The predicted molar refractivity (Wildman–Crippen MR) is 108 cm³/mol. The molecule has 3 rings (SSSR count). The van der Waals surface area contributed by atoms with E-state index in [0.717, 1.165) is 12.8 Å². The van der Waals surface area contributed by atoms with Gasteiger partial charge in [-0.1, -0.05) is 6.07 Å². The Balaban J connectivity index is 1.90. The smallest absolute Gasteiger partial charge is 0.444 e. The van der Waals surface area contributed by atoms with Gasteiger partial charge in [-0.15, -0.1) is 0 Å². The molecule has 0 unspecified atom stereocenters. The summed E-state index contributed by atoms with van der Waals surface area (Å²) in [5.74, 6) is 0.0254. The Morgan fingerprint density at radius 3 is 2.29 bits per heavy atom. The number of halogens is 1. The van der Waals surface area contributed by atoms with Crippen molar-refractivity contribution in [3.63, 3.8) is 0 Å². The summed E-state index contributed by atoms with van der Waals surface area (Å²) in [6, 6.07) is 3.34. The molecule has 1 heterocycles. The van der Waals surface area contributed by atoms with E-state index in [0.29, 0.717) is 23.4 Å². The van der Waals surface area contributed by atoms with E-state index in [-0.39, 0.29) is 5.69 Å². The van der Waals surface area contributed by atoms with Gasteiger partial charge in [-0.25, -0.2) is 9.18 Å². The molecule has 5 nitrogen and oxygen atoms in total. The van der Waals surface area contributed by atoms with Gasteiger partial charge in [0.1, 0.15) is 11.4 Å². The molecule has 1 aliphatic carbocycles. The third-order valence-electron chi connectivity index (χ3n) is 5.61. The van der Waals surface area contributed by atoms with Gasteiger partial charge in [0.15, 0.2) is 0 Å². The first-order valence-electron chi connectivity index (χ1n) is 9.96. The molecule has 2 fully saturated rings. The van der Waals surface area contributed by atoms with Crippen molar-refractivity contribution in [2.75, 3.05) is 5.32 Å². The van der Waals surface area contributed by atoms with Gasteiger partial charge in [0.2, 0.25) is 0 Å². The van der Waals surface area contributed by atoms with Gasteiger partial charge < -0.3 is 14.0 Å². The number of hydrogen-bond acceptors (Lipinski definition) is 4. The van der Waals surface area contributed by atoms with E-state index in [9.17, 15) is 4.79 Å². The van der Waals surface area contributed by atoms with Crippen LogP contribution in [-0.4, -0.2) is 30.0 Å². The van der Waals surface area contributed by atoms with Crippen LogP contribution in [0.4, 0.5) is 14.9 Å². The van der Waals surface area contributed by atoms with Crippen LogP contribution in [0.3, 0.4) is 0 Å². The summed E-state index contributed by atoms with van der Waals surface area (Å²) in [7, 11) is -0.635. The third kappa shape index (κ3) is 4.52. The molecular weight excluding hydrogens is 360 g/mol. The minimum absolute atomic E-state index is 0.116. The van der Waals surface area contributed by atoms with Crippen LogP contribution in [-0.2, 0) is 20.5 Å². The van der Waals surface area contributed by atoms with Crippen molar-refractivity contribution in [1.82, 2.24) is 0 Å². The van der Waals surface area contributed by atoms with Gasteiger partial charge in [0.05, 0.1) is 16.9 Å². The SMILES string of the molecule is CC(C)(C)OC(=O)Nc1ccc(B2OC(C)(C)C(C)(C)O2)c(CC2CC2)c1F. The second-order valence-electron chi connectivity index (χ2n) is 9.86. The molecule has 0 spiro atoms. The van der Waals surface area contributed by atoms with Gasteiger partial charge in [-0.2, -0.15) is 0 Å². The van der Waals surface area contributed by atoms with Crippen LogP contribution in [0.2, 0.25) is 0 Å². The van der Waals surface area contributed by atoms with Crippen LogP contribution in [0.5, 0.6) is 0 Å². The Hall–Kier alpha value is -1.60. The lowest BCUT2D eigenvalue weighted by Crippen LogP contribution is -2.41. The highest BCUT2D eigenvalue weighted by atomic mass is 19.1. The van der Waals surface area contributed by atoms with E-state index in [1.165, 1.54) is 0 Å². The number of anilines is 1. The Bertz CT molecular complexity index is 752. The fourth-order valence-corrected chi connectivity index (χ4v) is 3.16. The summed E-state index contributed by atoms with van der Waals surface area (Å²) in [6.45, 7) is 13.2. The van der Waals surface area contributed by atoms with E-state index in [4.69, 9.17) is 14.0 Å². The highest BCUT2D eigenvalue weighted by Gasteiger charge is 2.52. The fraction of sp³-hybridized carbons (Fsp3) is 0.667. The van der Waals surface area contributed by atoms with Crippen molar-refractivity contribution in [1.29, 1.82) is 0 Å². The maximum absolute atomic E-state index is 15.4.